The Labute approximate surface area is 72.6 Å². The zero-order valence-corrected chi connectivity index (χ0v) is 7.77. The summed E-state index contributed by atoms with van der Waals surface area (Å²) in [6, 6.07) is -0.513. The van der Waals surface area contributed by atoms with Crippen molar-refractivity contribution in [1.82, 2.24) is 5.32 Å². The molecule has 0 rings (SSSR count). The van der Waals surface area contributed by atoms with Crippen LogP contribution in [0.3, 0.4) is 0 Å². The quantitative estimate of drug-likeness (QED) is 0.539. The third-order valence-electron chi connectivity index (χ3n) is 1.25. The van der Waals surface area contributed by atoms with Crippen LogP contribution in [0.15, 0.2) is 0 Å². The number of carboxylic acid groups (broad SMARTS) is 1. The van der Waals surface area contributed by atoms with Gasteiger partial charge in [0.25, 0.3) is 0 Å². The molecule has 3 nitrogen and oxygen atoms in total. The van der Waals surface area contributed by atoms with E-state index in [4.69, 9.17) is 5.11 Å². The van der Waals surface area contributed by atoms with Crippen LogP contribution in [0.5, 0.6) is 0 Å². The van der Waals surface area contributed by atoms with Crippen molar-refractivity contribution in [2.45, 2.75) is 19.9 Å². The summed E-state index contributed by atoms with van der Waals surface area (Å²) in [5, 5.41) is 11.5. The van der Waals surface area contributed by atoms with Crippen LogP contribution < -0.4 is 5.32 Å². The molecular formula is C7H15NO2S. The minimum absolute atomic E-state index is 0.335. The van der Waals surface area contributed by atoms with E-state index in [1.807, 2.05) is 13.8 Å². The molecule has 1 atom stereocenters. The number of aliphatic carboxylic acids is 1. The van der Waals surface area contributed by atoms with Crippen molar-refractivity contribution < 1.29 is 9.90 Å². The van der Waals surface area contributed by atoms with E-state index < -0.39 is 12.0 Å². The minimum atomic E-state index is -0.833. The van der Waals surface area contributed by atoms with Gasteiger partial charge in [-0.1, -0.05) is 13.8 Å². The molecule has 2 N–H and O–H groups in total. The first kappa shape index (κ1) is 10.8. The Kier molecular flexibility index (Phi) is 5.32. The molecule has 11 heavy (non-hydrogen) atoms. The number of nitrogens with one attached hydrogen (secondary N) is 1. The fourth-order valence-corrected chi connectivity index (χ4v) is 0.893. The van der Waals surface area contributed by atoms with Gasteiger partial charge in [0.1, 0.15) is 6.04 Å². The first-order valence-electron chi connectivity index (χ1n) is 3.65. The first-order chi connectivity index (χ1) is 5.07. The fourth-order valence-electron chi connectivity index (χ4n) is 0.608. The highest BCUT2D eigenvalue weighted by Gasteiger charge is 2.13. The Morgan fingerprint density at radius 2 is 2.18 bits per heavy atom. The van der Waals surface area contributed by atoms with Crippen molar-refractivity contribution in [2.24, 2.45) is 5.92 Å². The summed E-state index contributed by atoms with van der Waals surface area (Å²) in [7, 11) is 0. The lowest BCUT2D eigenvalue weighted by Crippen LogP contribution is -2.40. The molecule has 0 heterocycles. The van der Waals surface area contributed by atoms with Crippen molar-refractivity contribution in [1.29, 1.82) is 0 Å². The smallest absolute Gasteiger partial charge is 0.321 e. The second kappa shape index (κ2) is 5.43. The maximum atomic E-state index is 10.4. The number of carbonyl (C=O) groups is 1. The van der Waals surface area contributed by atoms with Crippen LogP contribution in [0, 0.1) is 5.92 Å². The van der Waals surface area contributed by atoms with Crippen LogP contribution in [0.25, 0.3) is 0 Å². The van der Waals surface area contributed by atoms with Crippen LogP contribution >= 0.6 is 12.6 Å². The molecule has 0 saturated carbocycles. The molecule has 0 aromatic heterocycles. The maximum Gasteiger partial charge on any atom is 0.321 e. The van der Waals surface area contributed by atoms with E-state index in [1.165, 1.54) is 0 Å². The lowest BCUT2D eigenvalue weighted by molar-refractivity contribution is -0.138. The van der Waals surface area contributed by atoms with Gasteiger partial charge in [-0.2, -0.15) is 12.6 Å². The summed E-state index contributed by atoms with van der Waals surface area (Å²) in [6.07, 6.45) is 0. The molecule has 0 aliphatic rings. The standard InChI is InChI=1S/C7H15NO2S/c1-5(2)3-8-6(4-11)7(9)10/h5-6,8,11H,3-4H2,1-2H3,(H,9,10)/t6-/m1/s1. The van der Waals surface area contributed by atoms with Crippen LogP contribution in [0.1, 0.15) is 13.8 Å². The second-order valence-corrected chi connectivity index (χ2v) is 3.24. The van der Waals surface area contributed by atoms with E-state index in [1.54, 1.807) is 0 Å². The minimum Gasteiger partial charge on any atom is -0.480 e. The highest BCUT2D eigenvalue weighted by Crippen LogP contribution is 1.92. The average Bonchev–Trinajstić information content (AvgIpc) is 1.87. The number of hydrogen-bond acceptors (Lipinski definition) is 3. The lowest BCUT2D eigenvalue weighted by Gasteiger charge is -2.12. The van der Waals surface area contributed by atoms with Crippen molar-refractivity contribution in [3.63, 3.8) is 0 Å². The van der Waals surface area contributed by atoms with Crippen molar-refractivity contribution in [3.8, 4) is 0 Å². The van der Waals surface area contributed by atoms with Gasteiger partial charge in [-0.3, -0.25) is 4.79 Å². The Balaban J connectivity index is 3.61. The molecule has 0 amide bonds. The lowest BCUT2D eigenvalue weighted by atomic mass is 10.2. The predicted molar refractivity (Wildman–Crippen MR) is 48.1 cm³/mol. The zero-order valence-electron chi connectivity index (χ0n) is 6.87. The number of carboxylic acids is 1. The molecular weight excluding hydrogens is 162 g/mol. The van der Waals surface area contributed by atoms with Crippen molar-refractivity contribution >= 4 is 18.6 Å². The second-order valence-electron chi connectivity index (χ2n) is 2.88. The highest BCUT2D eigenvalue weighted by molar-refractivity contribution is 7.80. The third kappa shape index (κ3) is 5.09. The Hall–Kier alpha value is -0.220. The van der Waals surface area contributed by atoms with Gasteiger partial charge in [-0.25, -0.2) is 0 Å². The molecule has 0 bridgehead atoms. The van der Waals surface area contributed by atoms with Gasteiger partial charge < -0.3 is 10.4 Å². The van der Waals surface area contributed by atoms with Gasteiger partial charge in [0, 0.05) is 5.75 Å². The Morgan fingerprint density at radius 3 is 2.45 bits per heavy atom. The zero-order chi connectivity index (χ0) is 8.85. The topological polar surface area (TPSA) is 49.3 Å². The predicted octanol–water partition coefficient (Wildman–Crippen LogP) is 0.615. The van der Waals surface area contributed by atoms with Gasteiger partial charge >= 0.3 is 5.97 Å². The molecule has 0 radical (unpaired) electrons. The van der Waals surface area contributed by atoms with Crippen LogP contribution in [-0.4, -0.2) is 29.4 Å². The summed E-state index contributed by atoms with van der Waals surface area (Å²) < 4.78 is 0. The van der Waals surface area contributed by atoms with E-state index in [0.717, 1.165) is 6.54 Å². The normalized spacial score (nSPS) is 13.5. The third-order valence-corrected chi connectivity index (χ3v) is 1.62. The van der Waals surface area contributed by atoms with Crippen LogP contribution in [-0.2, 0) is 4.79 Å². The SMILES string of the molecule is CC(C)CN[C@H](CS)C(=O)O. The van der Waals surface area contributed by atoms with Crippen LogP contribution in [0.2, 0.25) is 0 Å². The molecule has 0 saturated heterocycles. The molecule has 0 aliphatic heterocycles. The van der Waals surface area contributed by atoms with Gasteiger partial charge in [-0.15, -0.1) is 0 Å². The number of hydrogen-bond donors (Lipinski definition) is 3. The van der Waals surface area contributed by atoms with E-state index >= 15 is 0 Å². The largest absolute Gasteiger partial charge is 0.480 e. The van der Waals surface area contributed by atoms with Gasteiger partial charge in [0.2, 0.25) is 0 Å². The molecule has 0 fully saturated rings. The fraction of sp³-hybridized carbons (Fsp3) is 0.857. The van der Waals surface area contributed by atoms with Gasteiger partial charge in [0.05, 0.1) is 0 Å². The van der Waals surface area contributed by atoms with E-state index in [0.29, 0.717) is 11.7 Å². The van der Waals surface area contributed by atoms with E-state index in [-0.39, 0.29) is 0 Å². The molecule has 0 aliphatic carbocycles. The van der Waals surface area contributed by atoms with Gasteiger partial charge in [0.15, 0.2) is 0 Å². The summed E-state index contributed by atoms with van der Waals surface area (Å²) in [4.78, 5) is 10.4. The van der Waals surface area contributed by atoms with Gasteiger partial charge in [-0.05, 0) is 12.5 Å². The summed E-state index contributed by atoms with van der Waals surface area (Å²) >= 11 is 3.91. The average molecular weight is 177 g/mol. The summed E-state index contributed by atoms with van der Waals surface area (Å²) in [5.41, 5.74) is 0. The van der Waals surface area contributed by atoms with E-state index in [9.17, 15) is 4.79 Å². The molecule has 0 aromatic carbocycles. The first-order valence-corrected chi connectivity index (χ1v) is 4.28. The summed E-state index contributed by atoms with van der Waals surface area (Å²) in [5.74, 6) is -0.0282. The molecule has 0 spiro atoms. The van der Waals surface area contributed by atoms with Crippen molar-refractivity contribution in [3.05, 3.63) is 0 Å². The molecule has 0 unspecified atom stereocenters. The van der Waals surface area contributed by atoms with Crippen molar-refractivity contribution in [2.75, 3.05) is 12.3 Å². The molecule has 0 aromatic rings. The highest BCUT2D eigenvalue weighted by atomic mass is 32.1. The molecule has 4 heteroatoms. The Bertz CT molecular complexity index is 128. The number of rotatable bonds is 5. The monoisotopic (exact) mass is 177 g/mol. The number of thiol groups is 1. The van der Waals surface area contributed by atoms with Crippen LogP contribution in [0.4, 0.5) is 0 Å². The molecule has 66 valence electrons. The maximum absolute atomic E-state index is 10.4. The Morgan fingerprint density at radius 1 is 1.64 bits per heavy atom. The summed E-state index contributed by atoms with van der Waals surface area (Å²) in [6.45, 7) is 4.78. The van der Waals surface area contributed by atoms with E-state index in [2.05, 4.69) is 17.9 Å².